The Morgan fingerprint density at radius 1 is 1.48 bits per heavy atom. The summed E-state index contributed by atoms with van der Waals surface area (Å²) in [5.41, 5.74) is 0. The van der Waals surface area contributed by atoms with E-state index in [0.717, 1.165) is 6.07 Å². The molecule has 2 heterocycles. The second kappa shape index (κ2) is 6.62. The van der Waals surface area contributed by atoms with Gasteiger partial charge in [0.05, 0.1) is 12.2 Å². The van der Waals surface area contributed by atoms with Crippen molar-refractivity contribution in [1.82, 2.24) is 4.31 Å². The first-order valence-electron chi connectivity index (χ1n) is 7.64. The first-order chi connectivity index (χ1) is 10.6. The van der Waals surface area contributed by atoms with E-state index in [-0.39, 0.29) is 34.7 Å². The van der Waals surface area contributed by atoms with E-state index in [1.807, 2.05) is 20.8 Å². The Hall–Kier alpha value is -1.38. The second-order valence-electron chi connectivity index (χ2n) is 6.13. The van der Waals surface area contributed by atoms with Crippen molar-refractivity contribution in [3.8, 4) is 0 Å². The molecule has 0 saturated carbocycles. The fourth-order valence-electron chi connectivity index (χ4n) is 2.93. The van der Waals surface area contributed by atoms with Gasteiger partial charge in [0.15, 0.2) is 0 Å². The molecular weight excluding hydrogens is 322 g/mol. The van der Waals surface area contributed by atoms with Crippen LogP contribution in [0, 0.1) is 6.92 Å². The number of rotatable bonds is 5. The molecule has 0 aromatic carbocycles. The van der Waals surface area contributed by atoms with E-state index in [2.05, 4.69) is 0 Å². The number of nitrogens with zero attached hydrogens (tertiary/aromatic N) is 1. The number of carboxylic acids is 1. The molecule has 2 atom stereocenters. The number of carbonyl (C=O) groups is 1. The maximum absolute atomic E-state index is 12.8. The molecule has 0 radical (unpaired) electrons. The van der Waals surface area contributed by atoms with Crippen molar-refractivity contribution in [2.24, 2.45) is 0 Å². The quantitative estimate of drug-likeness (QED) is 0.879. The highest BCUT2D eigenvalue weighted by atomic mass is 32.2. The normalized spacial score (nSPS) is 23.3. The third-order valence-electron chi connectivity index (χ3n) is 3.90. The van der Waals surface area contributed by atoms with Gasteiger partial charge >= 0.3 is 5.97 Å². The summed E-state index contributed by atoms with van der Waals surface area (Å²) in [5.74, 6) is -1.56. The van der Waals surface area contributed by atoms with Crippen LogP contribution in [0.15, 0.2) is 15.4 Å². The van der Waals surface area contributed by atoms with Crippen LogP contribution in [0.3, 0.4) is 0 Å². The van der Waals surface area contributed by atoms with E-state index in [9.17, 15) is 13.2 Å². The van der Waals surface area contributed by atoms with Gasteiger partial charge in [-0.05, 0) is 40.5 Å². The van der Waals surface area contributed by atoms with Crippen molar-refractivity contribution in [2.45, 2.75) is 63.7 Å². The summed E-state index contributed by atoms with van der Waals surface area (Å²) in [6, 6.07) is 0.858. The minimum absolute atomic E-state index is 0.0384. The molecule has 23 heavy (non-hydrogen) atoms. The van der Waals surface area contributed by atoms with Crippen molar-refractivity contribution < 1.29 is 27.5 Å². The molecule has 0 spiro atoms. The summed E-state index contributed by atoms with van der Waals surface area (Å²) >= 11 is 0. The lowest BCUT2D eigenvalue weighted by atomic mass is 10.0. The van der Waals surface area contributed by atoms with Gasteiger partial charge in [-0.2, -0.15) is 4.31 Å². The first-order valence-corrected chi connectivity index (χ1v) is 9.08. The number of aromatic carboxylic acids is 1. The van der Waals surface area contributed by atoms with Crippen LogP contribution in [-0.4, -0.2) is 48.6 Å². The number of hydrogen-bond donors (Lipinski definition) is 1. The average Bonchev–Trinajstić information content (AvgIpc) is 2.80. The summed E-state index contributed by atoms with van der Waals surface area (Å²) in [5, 5.41) is 8.95. The summed E-state index contributed by atoms with van der Waals surface area (Å²) in [7, 11) is -3.79. The molecule has 0 aliphatic carbocycles. The number of furan rings is 1. The topological polar surface area (TPSA) is 97.0 Å². The Labute approximate surface area is 136 Å². The first kappa shape index (κ1) is 18.0. The van der Waals surface area contributed by atoms with Gasteiger partial charge in [-0.15, -0.1) is 0 Å². The SMILES string of the molecule is Cc1oc(C(=O)O)cc1S(=O)(=O)N1CCC(OC(C)C)CC1C. The van der Waals surface area contributed by atoms with E-state index in [1.165, 1.54) is 11.2 Å². The molecule has 1 aliphatic heterocycles. The van der Waals surface area contributed by atoms with Gasteiger partial charge in [-0.1, -0.05) is 0 Å². The lowest BCUT2D eigenvalue weighted by Gasteiger charge is -2.37. The van der Waals surface area contributed by atoms with Crippen LogP contribution in [0.4, 0.5) is 0 Å². The zero-order valence-electron chi connectivity index (χ0n) is 13.8. The van der Waals surface area contributed by atoms with Crippen LogP contribution in [0.25, 0.3) is 0 Å². The highest BCUT2D eigenvalue weighted by Crippen LogP contribution is 2.30. The van der Waals surface area contributed by atoms with Gasteiger partial charge in [0.1, 0.15) is 10.7 Å². The maximum Gasteiger partial charge on any atom is 0.371 e. The Balaban J connectivity index is 2.22. The lowest BCUT2D eigenvalue weighted by Crippen LogP contribution is -2.47. The molecule has 1 N–H and O–H groups in total. The van der Waals surface area contributed by atoms with Gasteiger partial charge in [-0.3, -0.25) is 0 Å². The molecule has 1 fully saturated rings. The second-order valence-corrected chi connectivity index (χ2v) is 7.99. The van der Waals surface area contributed by atoms with Gasteiger partial charge in [0.2, 0.25) is 15.8 Å². The Bertz CT molecular complexity index is 678. The predicted octanol–water partition coefficient (Wildman–Crippen LogP) is 2.25. The monoisotopic (exact) mass is 345 g/mol. The highest BCUT2D eigenvalue weighted by Gasteiger charge is 2.37. The van der Waals surface area contributed by atoms with Gasteiger partial charge in [-0.25, -0.2) is 13.2 Å². The molecule has 1 aliphatic rings. The van der Waals surface area contributed by atoms with E-state index in [0.29, 0.717) is 19.4 Å². The minimum atomic E-state index is -3.79. The smallest absolute Gasteiger partial charge is 0.371 e. The number of hydrogen-bond acceptors (Lipinski definition) is 5. The molecule has 8 heteroatoms. The van der Waals surface area contributed by atoms with Crippen LogP contribution in [-0.2, 0) is 14.8 Å². The zero-order valence-corrected chi connectivity index (χ0v) is 14.6. The standard InChI is InChI=1S/C15H23NO6S/c1-9(2)21-12-5-6-16(10(3)7-12)23(19,20)14-8-13(15(17)18)22-11(14)4/h8-10,12H,5-7H2,1-4H3,(H,17,18). The molecule has 1 aromatic heterocycles. The third-order valence-corrected chi connectivity index (χ3v) is 6.02. The largest absolute Gasteiger partial charge is 0.475 e. The zero-order chi connectivity index (χ0) is 17.4. The van der Waals surface area contributed by atoms with Gasteiger partial charge < -0.3 is 14.3 Å². The van der Waals surface area contributed by atoms with Crippen LogP contribution < -0.4 is 0 Å². The Kier molecular flexibility index (Phi) is 5.17. The van der Waals surface area contributed by atoms with Crippen molar-refractivity contribution in [2.75, 3.05) is 6.54 Å². The van der Waals surface area contributed by atoms with Gasteiger partial charge in [0, 0.05) is 18.7 Å². The maximum atomic E-state index is 12.8. The molecular formula is C15H23NO6S. The molecule has 0 amide bonds. The molecule has 1 saturated heterocycles. The van der Waals surface area contributed by atoms with Crippen LogP contribution in [0.5, 0.6) is 0 Å². The molecule has 2 rings (SSSR count). The minimum Gasteiger partial charge on any atom is -0.475 e. The third kappa shape index (κ3) is 3.76. The van der Waals surface area contributed by atoms with Gasteiger partial charge in [0.25, 0.3) is 0 Å². The average molecular weight is 345 g/mol. The van der Waals surface area contributed by atoms with Crippen molar-refractivity contribution in [1.29, 1.82) is 0 Å². The predicted molar refractivity (Wildman–Crippen MR) is 83.0 cm³/mol. The van der Waals surface area contributed by atoms with Crippen molar-refractivity contribution in [3.05, 3.63) is 17.6 Å². The number of piperidine rings is 1. The summed E-state index contributed by atoms with van der Waals surface area (Å²) in [6.07, 6.45) is 1.37. The fourth-order valence-corrected chi connectivity index (χ4v) is 4.75. The van der Waals surface area contributed by atoms with E-state index in [4.69, 9.17) is 14.3 Å². The lowest BCUT2D eigenvalue weighted by molar-refractivity contribution is -0.0274. The Morgan fingerprint density at radius 2 is 2.13 bits per heavy atom. The molecule has 0 bridgehead atoms. The van der Waals surface area contributed by atoms with Crippen molar-refractivity contribution >= 4 is 16.0 Å². The number of sulfonamides is 1. The number of aryl methyl sites for hydroxylation is 1. The molecule has 2 unspecified atom stereocenters. The van der Waals surface area contributed by atoms with E-state index >= 15 is 0 Å². The van der Waals surface area contributed by atoms with Crippen LogP contribution in [0.1, 0.15) is 49.9 Å². The van der Waals surface area contributed by atoms with E-state index < -0.39 is 16.0 Å². The molecule has 1 aromatic rings. The summed E-state index contributed by atoms with van der Waals surface area (Å²) in [6.45, 7) is 7.54. The van der Waals surface area contributed by atoms with Crippen molar-refractivity contribution in [3.63, 3.8) is 0 Å². The number of ether oxygens (including phenoxy) is 1. The summed E-state index contributed by atoms with van der Waals surface area (Å²) < 4.78 is 37.8. The van der Waals surface area contributed by atoms with Crippen LogP contribution >= 0.6 is 0 Å². The van der Waals surface area contributed by atoms with E-state index in [1.54, 1.807) is 0 Å². The summed E-state index contributed by atoms with van der Waals surface area (Å²) in [4.78, 5) is 10.9. The molecule has 130 valence electrons. The van der Waals surface area contributed by atoms with Crippen LogP contribution in [0.2, 0.25) is 0 Å². The fraction of sp³-hybridized carbons (Fsp3) is 0.667. The highest BCUT2D eigenvalue weighted by molar-refractivity contribution is 7.89. The Morgan fingerprint density at radius 3 is 2.61 bits per heavy atom. The molecule has 7 nitrogen and oxygen atoms in total. The number of carboxylic acid groups (broad SMARTS) is 1.